The van der Waals surface area contributed by atoms with Crippen molar-refractivity contribution in [3.8, 4) is 0 Å². The van der Waals surface area contributed by atoms with Crippen molar-refractivity contribution in [2.45, 2.75) is 57.6 Å². The summed E-state index contributed by atoms with van der Waals surface area (Å²) in [5.41, 5.74) is 1.59. The maximum atomic E-state index is 12.7. The van der Waals surface area contributed by atoms with E-state index < -0.39 is 0 Å². The van der Waals surface area contributed by atoms with Gasteiger partial charge in [-0.3, -0.25) is 9.78 Å². The van der Waals surface area contributed by atoms with Gasteiger partial charge in [0.15, 0.2) is 0 Å². The first-order valence-corrected chi connectivity index (χ1v) is 8.08. The van der Waals surface area contributed by atoms with E-state index in [1.54, 1.807) is 6.20 Å². The second-order valence-electron chi connectivity index (χ2n) is 6.41. The van der Waals surface area contributed by atoms with Gasteiger partial charge in [0.2, 0.25) is 0 Å². The van der Waals surface area contributed by atoms with E-state index in [-0.39, 0.29) is 24.0 Å². The third kappa shape index (κ3) is 2.95. The zero-order chi connectivity index (χ0) is 14.8. The average molecular weight is 288 g/mol. The van der Waals surface area contributed by atoms with Crippen LogP contribution in [0.1, 0.15) is 54.6 Å². The normalized spacial score (nSPS) is 29.6. The molecule has 21 heavy (non-hydrogen) atoms. The first-order valence-electron chi connectivity index (χ1n) is 8.08. The Bertz CT molecular complexity index is 500. The molecular weight excluding hydrogens is 264 g/mol. The maximum Gasteiger partial charge on any atom is 0.255 e. The summed E-state index contributed by atoms with van der Waals surface area (Å²) in [5, 5.41) is 10.3. The number of carbonyl (C=O) groups is 1. The fraction of sp³-hybridized carbons (Fsp3) is 0.647. The second-order valence-corrected chi connectivity index (χ2v) is 6.41. The number of pyridine rings is 1. The van der Waals surface area contributed by atoms with Crippen LogP contribution in [-0.2, 0) is 0 Å². The van der Waals surface area contributed by atoms with Crippen LogP contribution >= 0.6 is 0 Å². The lowest BCUT2D eigenvalue weighted by atomic mass is 9.80. The molecule has 1 aliphatic heterocycles. The molecule has 1 N–H and O–H groups in total. The predicted molar refractivity (Wildman–Crippen MR) is 81.0 cm³/mol. The van der Waals surface area contributed by atoms with Gasteiger partial charge in [-0.15, -0.1) is 0 Å². The molecule has 2 heterocycles. The summed E-state index contributed by atoms with van der Waals surface area (Å²) in [4.78, 5) is 18.9. The van der Waals surface area contributed by atoms with Crippen molar-refractivity contribution in [3.05, 3.63) is 29.6 Å². The maximum absolute atomic E-state index is 12.7. The van der Waals surface area contributed by atoms with E-state index in [0.29, 0.717) is 5.56 Å². The predicted octanol–water partition coefficient (Wildman–Crippen LogP) is 2.55. The van der Waals surface area contributed by atoms with Gasteiger partial charge in [-0.2, -0.15) is 0 Å². The number of hydrogen-bond acceptors (Lipinski definition) is 3. The number of likely N-dealkylation sites (tertiary alicyclic amines) is 1. The van der Waals surface area contributed by atoms with Crippen molar-refractivity contribution in [2.24, 2.45) is 5.92 Å². The lowest BCUT2D eigenvalue weighted by Crippen LogP contribution is -2.45. The van der Waals surface area contributed by atoms with E-state index in [0.717, 1.165) is 44.3 Å². The molecule has 4 nitrogen and oxygen atoms in total. The first kappa shape index (κ1) is 14.5. The van der Waals surface area contributed by atoms with E-state index in [1.165, 1.54) is 6.42 Å². The third-order valence-electron chi connectivity index (χ3n) is 4.99. The number of hydrogen-bond donors (Lipinski definition) is 1. The van der Waals surface area contributed by atoms with Crippen LogP contribution in [0, 0.1) is 12.8 Å². The Morgan fingerprint density at radius 3 is 2.76 bits per heavy atom. The van der Waals surface area contributed by atoms with Crippen molar-refractivity contribution >= 4 is 5.91 Å². The molecule has 0 spiro atoms. The van der Waals surface area contributed by atoms with Gasteiger partial charge in [-0.1, -0.05) is 12.8 Å². The van der Waals surface area contributed by atoms with Gasteiger partial charge < -0.3 is 10.0 Å². The molecule has 4 heteroatoms. The number of aromatic nitrogens is 1. The summed E-state index contributed by atoms with van der Waals surface area (Å²) in [5.74, 6) is 0.325. The number of nitrogens with zero attached hydrogens (tertiary/aromatic N) is 2. The summed E-state index contributed by atoms with van der Waals surface area (Å²) in [7, 11) is 0. The molecule has 114 valence electrons. The van der Waals surface area contributed by atoms with Crippen LogP contribution in [0.5, 0.6) is 0 Å². The highest BCUT2D eigenvalue weighted by Gasteiger charge is 2.39. The minimum absolute atomic E-state index is 0.0720. The highest BCUT2D eigenvalue weighted by molar-refractivity contribution is 5.94. The molecule has 0 unspecified atom stereocenters. The Kier molecular flexibility index (Phi) is 4.24. The minimum atomic E-state index is -0.242. The van der Waals surface area contributed by atoms with Crippen LogP contribution in [0.25, 0.3) is 0 Å². The second kappa shape index (κ2) is 6.14. The highest BCUT2D eigenvalue weighted by Crippen LogP contribution is 2.35. The van der Waals surface area contributed by atoms with Crippen molar-refractivity contribution in [1.29, 1.82) is 0 Å². The number of rotatable bonds is 2. The van der Waals surface area contributed by atoms with E-state index in [9.17, 15) is 9.90 Å². The summed E-state index contributed by atoms with van der Waals surface area (Å²) in [6.45, 7) is 2.73. The minimum Gasteiger partial charge on any atom is -0.393 e. The number of aryl methyl sites for hydroxylation is 1. The zero-order valence-electron chi connectivity index (χ0n) is 12.7. The summed E-state index contributed by atoms with van der Waals surface area (Å²) >= 11 is 0. The Hall–Kier alpha value is -1.42. The molecule has 1 aromatic rings. The molecule has 0 bridgehead atoms. The number of aliphatic hydroxyl groups is 1. The fourth-order valence-corrected chi connectivity index (χ4v) is 3.84. The van der Waals surface area contributed by atoms with Gasteiger partial charge in [-0.25, -0.2) is 0 Å². The van der Waals surface area contributed by atoms with Crippen molar-refractivity contribution in [2.75, 3.05) is 6.54 Å². The molecule has 0 aromatic carbocycles. The number of aliphatic hydroxyl groups excluding tert-OH is 1. The van der Waals surface area contributed by atoms with E-state index in [1.807, 2.05) is 24.0 Å². The summed E-state index contributed by atoms with van der Waals surface area (Å²) in [6.07, 6.45) is 7.70. The third-order valence-corrected chi connectivity index (χ3v) is 4.99. The lowest BCUT2D eigenvalue weighted by Gasteiger charge is -2.37. The van der Waals surface area contributed by atoms with Crippen molar-refractivity contribution < 1.29 is 9.90 Å². The quantitative estimate of drug-likeness (QED) is 0.910. The van der Waals surface area contributed by atoms with Crippen molar-refractivity contribution in [1.82, 2.24) is 9.88 Å². The van der Waals surface area contributed by atoms with Gasteiger partial charge in [0.1, 0.15) is 0 Å². The summed E-state index contributed by atoms with van der Waals surface area (Å²) in [6, 6.07) is 3.94. The Labute approximate surface area is 126 Å². The molecule has 3 rings (SSSR count). The van der Waals surface area contributed by atoms with Crippen molar-refractivity contribution in [3.63, 3.8) is 0 Å². The van der Waals surface area contributed by atoms with Gasteiger partial charge in [0.05, 0.1) is 11.7 Å². The molecule has 1 aliphatic carbocycles. The Morgan fingerprint density at radius 2 is 2.05 bits per heavy atom. The van der Waals surface area contributed by atoms with E-state index in [2.05, 4.69) is 4.98 Å². The molecule has 2 fully saturated rings. The number of amides is 1. The topological polar surface area (TPSA) is 53.4 Å². The van der Waals surface area contributed by atoms with Gasteiger partial charge in [0, 0.05) is 30.4 Å². The first-order chi connectivity index (χ1) is 10.2. The van der Waals surface area contributed by atoms with Crippen LogP contribution in [0.15, 0.2) is 18.3 Å². The molecule has 0 radical (unpaired) electrons. The molecule has 1 saturated heterocycles. The van der Waals surface area contributed by atoms with Crippen LogP contribution < -0.4 is 0 Å². The van der Waals surface area contributed by atoms with Crippen LogP contribution in [-0.4, -0.2) is 39.6 Å². The van der Waals surface area contributed by atoms with E-state index >= 15 is 0 Å². The molecule has 1 amide bonds. The zero-order valence-corrected chi connectivity index (χ0v) is 12.7. The SMILES string of the molecule is Cc1ccc(C(=O)N2CCC[C@@H]2[C@H]2CCCC[C@@H]2O)cn1. The van der Waals surface area contributed by atoms with Crippen LogP contribution in [0.2, 0.25) is 0 Å². The standard InChI is InChI=1S/C17H24N2O2/c1-12-8-9-13(11-18-12)17(21)19-10-4-6-15(19)14-5-2-3-7-16(14)20/h8-9,11,14-16,20H,2-7,10H2,1H3/t14-,15-,16+/m1/s1. The largest absolute Gasteiger partial charge is 0.393 e. The molecule has 3 atom stereocenters. The van der Waals surface area contributed by atoms with E-state index in [4.69, 9.17) is 0 Å². The van der Waals surface area contributed by atoms with Gasteiger partial charge in [-0.05, 0) is 44.7 Å². The Morgan fingerprint density at radius 1 is 1.24 bits per heavy atom. The van der Waals surface area contributed by atoms with Crippen LogP contribution in [0.4, 0.5) is 0 Å². The summed E-state index contributed by atoms with van der Waals surface area (Å²) < 4.78 is 0. The molecule has 2 aliphatic rings. The molecule has 1 aromatic heterocycles. The lowest BCUT2D eigenvalue weighted by molar-refractivity contribution is 0.0211. The smallest absolute Gasteiger partial charge is 0.255 e. The average Bonchev–Trinajstić information content (AvgIpc) is 2.97. The fourth-order valence-electron chi connectivity index (χ4n) is 3.84. The van der Waals surface area contributed by atoms with Crippen LogP contribution in [0.3, 0.4) is 0 Å². The van der Waals surface area contributed by atoms with Gasteiger partial charge >= 0.3 is 0 Å². The van der Waals surface area contributed by atoms with Gasteiger partial charge in [0.25, 0.3) is 5.91 Å². The molecule has 1 saturated carbocycles. The number of carbonyl (C=O) groups excluding carboxylic acids is 1. The molecular formula is C17H24N2O2. The Balaban J connectivity index is 1.76. The monoisotopic (exact) mass is 288 g/mol. The highest BCUT2D eigenvalue weighted by atomic mass is 16.3.